The summed E-state index contributed by atoms with van der Waals surface area (Å²) < 4.78 is 6.22. The monoisotopic (exact) mass is 509 g/mol. The van der Waals surface area contributed by atoms with Gasteiger partial charge in [0.05, 0.1) is 23.1 Å². The average molecular weight is 510 g/mol. The second-order valence-corrected chi connectivity index (χ2v) is 10.2. The molecule has 194 valence electrons. The summed E-state index contributed by atoms with van der Waals surface area (Å²) in [5, 5.41) is 12.3. The molecule has 2 aliphatic heterocycles. The fraction of sp³-hybridized carbons (Fsp3) is 0.357. The quantitative estimate of drug-likeness (QED) is 0.330. The predicted octanol–water partition coefficient (Wildman–Crippen LogP) is 3.45. The van der Waals surface area contributed by atoms with Crippen LogP contribution in [-0.4, -0.2) is 87.5 Å². The van der Waals surface area contributed by atoms with Crippen molar-refractivity contribution in [3.8, 4) is 28.4 Å². The number of pyridine rings is 3. The van der Waals surface area contributed by atoms with Crippen LogP contribution in [0.25, 0.3) is 44.7 Å². The van der Waals surface area contributed by atoms with Crippen LogP contribution in [0.2, 0.25) is 0 Å². The number of aromatic amines is 2. The Hall–Kier alpha value is -4.02. The van der Waals surface area contributed by atoms with Gasteiger partial charge in [-0.2, -0.15) is 5.10 Å². The number of H-pyrrole nitrogens is 2. The summed E-state index contributed by atoms with van der Waals surface area (Å²) in [7, 11) is 2.17. The summed E-state index contributed by atoms with van der Waals surface area (Å²) in [6.07, 6.45) is 7.71. The first-order valence-corrected chi connectivity index (χ1v) is 13.3. The molecule has 10 nitrogen and oxygen atoms in total. The average Bonchev–Trinajstić information content (AvgIpc) is 3.58. The normalized spacial score (nSPS) is 17.4. The van der Waals surface area contributed by atoms with Gasteiger partial charge in [0.15, 0.2) is 0 Å². The number of aromatic nitrogens is 6. The first-order valence-electron chi connectivity index (χ1n) is 13.3. The number of fused-ring (bicyclic) bond motifs is 2. The maximum Gasteiger partial charge on any atom is 0.139 e. The molecule has 38 heavy (non-hydrogen) atoms. The van der Waals surface area contributed by atoms with Gasteiger partial charge < -0.3 is 24.8 Å². The molecule has 0 saturated carbocycles. The number of hydrogen-bond acceptors (Lipinski definition) is 8. The van der Waals surface area contributed by atoms with Crippen molar-refractivity contribution in [2.45, 2.75) is 18.9 Å². The third-order valence-electron chi connectivity index (χ3n) is 7.61. The lowest BCUT2D eigenvalue weighted by Crippen LogP contribution is -2.44. The molecule has 5 aromatic rings. The number of nitrogens with zero attached hydrogens (tertiary/aromatic N) is 6. The molecule has 2 fully saturated rings. The Morgan fingerprint density at radius 1 is 1.00 bits per heavy atom. The minimum Gasteiger partial charge on any atom is -0.489 e. The highest BCUT2D eigenvalue weighted by atomic mass is 16.5. The van der Waals surface area contributed by atoms with Crippen molar-refractivity contribution < 1.29 is 4.74 Å². The van der Waals surface area contributed by atoms with Crippen LogP contribution in [-0.2, 0) is 0 Å². The van der Waals surface area contributed by atoms with Gasteiger partial charge in [-0.25, -0.2) is 9.97 Å². The Balaban J connectivity index is 1.22. The Kier molecular flexibility index (Phi) is 5.90. The van der Waals surface area contributed by atoms with E-state index < -0.39 is 0 Å². The minimum atomic E-state index is 0.218. The lowest BCUT2D eigenvalue weighted by atomic mass is 10.1. The van der Waals surface area contributed by atoms with Crippen LogP contribution < -0.4 is 15.0 Å². The Morgan fingerprint density at radius 3 is 2.74 bits per heavy atom. The largest absolute Gasteiger partial charge is 0.489 e. The molecule has 2 aliphatic rings. The van der Waals surface area contributed by atoms with Crippen LogP contribution >= 0.6 is 0 Å². The van der Waals surface area contributed by atoms with E-state index in [9.17, 15) is 0 Å². The third-order valence-corrected chi connectivity index (χ3v) is 7.61. The molecule has 0 amide bonds. The molecule has 0 unspecified atom stereocenters. The standard InChI is InChI=1S/C28H31N9O/c1-36-10-12-37(13-11-36)25-6-9-31-28-21(25)15-24(33-28)27-26-23(34-35-27)3-2-22(32-26)18-14-20(17-30-16-18)38-19-4-7-29-8-5-19/h2-3,6,9,14-17,19,29H,4-5,7-8,10-13H2,1H3,(H,31,33)(H,34,35). The third kappa shape index (κ3) is 4.35. The van der Waals surface area contributed by atoms with Crippen molar-refractivity contribution in [2.75, 3.05) is 51.2 Å². The molecule has 7 heterocycles. The zero-order chi connectivity index (χ0) is 25.5. The van der Waals surface area contributed by atoms with E-state index in [4.69, 9.17) is 9.72 Å². The number of piperazine rings is 1. The van der Waals surface area contributed by atoms with Crippen molar-refractivity contribution in [1.29, 1.82) is 0 Å². The number of hydrogen-bond donors (Lipinski definition) is 3. The van der Waals surface area contributed by atoms with Crippen LogP contribution in [0.4, 0.5) is 5.69 Å². The van der Waals surface area contributed by atoms with Crippen molar-refractivity contribution in [3.63, 3.8) is 0 Å². The minimum absolute atomic E-state index is 0.218. The molecule has 0 bridgehead atoms. The SMILES string of the molecule is CN1CCN(c2ccnc3[nH]c(-c4n[nH]c5ccc(-c6cncc(OC7CCNCC7)c6)nc45)cc23)CC1. The molecule has 0 atom stereocenters. The maximum absolute atomic E-state index is 6.22. The van der Waals surface area contributed by atoms with Gasteiger partial charge in [0, 0.05) is 55.2 Å². The summed E-state index contributed by atoms with van der Waals surface area (Å²) in [4.78, 5) is 22.3. The van der Waals surface area contributed by atoms with E-state index in [1.165, 1.54) is 5.69 Å². The first kappa shape index (κ1) is 23.1. The second-order valence-electron chi connectivity index (χ2n) is 10.2. The number of rotatable bonds is 5. The summed E-state index contributed by atoms with van der Waals surface area (Å²) in [5.41, 5.74) is 7.17. The van der Waals surface area contributed by atoms with Crippen LogP contribution in [0.15, 0.2) is 48.9 Å². The zero-order valence-electron chi connectivity index (χ0n) is 21.4. The van der Waals surface area contributed by atoms with Crippen molar-refractivity contribution in [1.82, 2.24) is 40.3 Å². The summed E-state index contributed by atoms with van der Waals surface area (Å²) >= 11 is 0. The predicted molar refractivity (Wildman–Crippen MR) is 148 cm³/mol. The number of anilines is 1. The van der Waals surface area contributed by atoms with Gasteiger partial charge in [-0.05, 0) is 63.3 Å². The molecular formula is C28H31N9O. The van der Waals surface area contributed by atoms with Crippen LogP contribution in [0, 0.1) is 0 Å². The molecule has 0 radical (unpaired) electrons. The smallest absolute Gasteiger partial charge is 0.139 e. The van der Waals surface area contributed by atoms with E-state index in [-0.39, 0.29) is 6.10 Å². The summed E-state index contributed by atoms with van der Waals surface area (Å²) in [6.45, 7) is 6.08. The van der Waals surface area contributed by atoms with E-state index in [1.54, 1.807) is 6.20 Å². The lowest BCUT2D eigenvalue weighted by molar-refractivity contribution is 0.162. The number of likely N-dealkylation sites (N-methyl/N-ethyl adjacent to an activating group) is 1. The zero-order valence-corrected chi connectivity index (χ0v) is 21.4. The van der Waals surface area contributed by atoms with Gasteiger partial charge in [0.2, 0.25) is 0 Å². The van der Waals surface area contributed by atoms with Gasteiger partial charge in [-0.15, -0.1) is 0 Å². The molecule has 10 heteroatoms. The van der Waals surface area contributed by atoms with Gasteiger partial charge in [-0.1, -0.05) is 0 Å². The van der Waals surface area contributed by atoms with Crippen molar-refractivity contribution in [2.24, 2.45) is 0 Å². The van der Waals surface area contributed by atoms with Crippen LogP contribution in [0.1, 0.15) is 12.8 Å². The topological polar surface area (TPSA) is 111 Å². The van der Waals surface area contributed by atoms with E-state index in [0.717, 1.165) is 103 Å². The molecule has 0 aromatic carbocycles. The van der Waals surface area contributed by atoms with E-state index in [1.807, 2.05) is 30.6 Å². The molecule has 5 aromatic heterocycles. The first-order chi connectivity index (χ1) is 18.7. The molecular weight excluding hydrogens is 478 g/mol. The van der Waals surface area contributed by atoms with Crippen LogP contribution in [0.3, 0.4) is 0 Å². The molecule has 3 N–H and O–H groups in total. The fourth-order valence-electron chi connectivity index (χ4n) is 5.44. The van der Waals surface area contributed by atoms with Crippen molar-refractivity contribution in [3.05, 3.63) is 48.9 Å². The van der Waals surface area contributed by atoms with Crippen LogP contribution in [0.5, 0.6) is 5.75 Å². The van der Waals surface area contributed by atoms with E-state index in [0.29, 0.717) is 0 Å². The van der Waals surface area contributed by atoms with Gasteiger partial charge in [0.1, 0.15) is 28.7 Å². The Bertz CT molecular complexity index is 1580. The molecule has 0 spiro atoms. The van der Waals surface area contributed by atoms with E-state index in [2.05, 4.69) is 59.4 Å². The molecule has 0 aliphatic carbocycles. The summed E-state index contributed by atoms with van der Waals surface area (Å²) in [6, 6.07) is 10.3. The lowest BCUT2D eigenvalue weighted by Gasteiger charge is -2.34. The highest BCUT2D eigenvalue weighted by Gasteiger charge is 2.20. The van der Waals surface area contributed by atoms with Gasteiger partial charge >= 0.3 is 0 Å². The fourth-order valence-corrected chi connectivity index (χ4v) is 5.44. The summed E-state index contributed by atoms with van der Waals surface area (Å²) in [5.74, 6) is 0.779. The van der Waals surface area contributed by atoms with Gasteiger partial charge in [-0.3, -0.25) is 10.1 Å². The number of piperidine rings is 1. The van der Waals surface area contributed by atoms with Gasteiger partial charge in [0.25, 0.3) is 0 Å². The number of nitrogens with one attached hydrogen (secondary N) is 3. The maximum atomic E-state index is 6.22. The van der Waals surface area contributed by atoms with E-state index >= 15 is 0 Å². The Morgan fingerprint density at radius 2 is 1.87 bits per heavy atom. The number of ether oxygens (including phenoxy) is 1. The molecule has 2 saturated heterocycles. The highest BCUT2D eigenvalue weighted by Crippen LogP contribution is 2.33. The van der Waals surface area contributed by atoms with Crippen molar-refractivity contribution >= 4 is 27.8 Å². The highest BCUT2D eigenvalue weighted by molar-refractivity contribution is 5.97. The second kappa shape index (κ2) is 9.70. The Labute approximate surface area is 220 Å². The molecule has 7 rings (SSSR count).